The van der Waals surface area contributed by atoms with Gasteiger partial charge in [-0.1, -0.05) is 68.3 Å². The maximum Gasteiger partial charge on any atom is 0.0563 e. The van der Waals surface area contributed by atoms with Crippen molar-refractivity contribution in [3.8, 4) is 5.69 Å². The van der Waals surface area contributed by atoms with Crippen LogP contribution in [-0.2, 0) is 0 Å². The van der Waals surface area contributed by atoms with Crippen LogP contribution < -0.4 is 0 Å². The molecule has 0 fully saturated rings. The molecule has 0 unspecified atom stereocenters. The van der Waals surface area contributed by atoms with Gasteiger partial charge in [-0.15, -0.1) is 0 Å². The van der Waals surface area contributed by atoms with Crippen LogP contribution in [0.1, 0.15) is 0 Å². The van der Waals surface area contributed by atoms with E-state index in [1.165, 1.54) is 27.5 Å². The molecule has 0 atom stereocenters. The fraction of sp³-hybridized carbons (Fsp3) is 0. The van der Waals surface area contributed by atoms with Gasteiger partial charge < -0.3 is 4.57 Å². The average Bonchev–Trinajstić information content (AvgIpc) is 2.82. The molecule has 0 aliphatic rings. The van der Waals surface area contributed by atoms with Crippen LogP contribution in [0.15, 0.2) is 75.7 Å². The Morgan fingerprint density at radius 2 is 1.43 bits per heavy atom. The molecule has 0 saturated carbocycles. The normalized spacial score (nSPS) is 11.3. The second-order valence-corrected chi connectivity index (χ2v) is 6.74. The lowest BCUT2D eigenvalue weighted by molar-refractivity contribution is 1.18. The number of rotatable bonds is 1. The first-order valence-electron chi connectivity index (χ1n) is 6.69. The molecule has 0 bridgehead atoms. The Labute approximate surface area is 139 Å². The lowest BCUT2D eigenvalue weighted by atomic mass is 10.2. The van der Waals surface area contributed by atoms with Crippen LogP contribution in [0.2, 0.25) is 0 Å². The van der Waals surface area contributed by atoms with Crippen LogP contribution in [0, 0.1) is 0 Å². The maximum absolute atomic E-state index is 3.71. The number of fused-ring (bicyclic) bond motifs is 3. The summed E-state index contributed by atoms with van der Waals surface area (Å²) in [5.74, 6) is 0. The van der Waals surface area contributed by atoms with Crippen LogP contribution >= 0.6 is 31.9 Å². The quantitative estimate of drug-likeness (QED) is 0.353. The highest BCUT2D eigenvalue weighted by Crippen LogP contribution is 2.38. The van der Waals surface area contributed by atoms with E-state index in [4.69, 9.17) is 0 Å². The molecule has 21 heavy (non-hydrogen) atoms. The van der Waals surface area contributed by atoms with Gasteiger partial charge in [0, 0.05) is 25.4 Å². The highest BCUT2D eigenvalue weighted by Gasteiger charge is 2.14. The first-order valence-corrected chi connectivity index (χ1v) is 8.28. The fourth-order valence-corrected chi connectivity index (χ4v) is 4.28. The van der Waals surface area contributed by atoms with Gasteiger partial charge in [-0.25, -0.2) is 0 Å². The van der Waals surface area contributed by atoms with Crippen molar-refractivity contribution in [1.29, 1.82) is 0 Å². The molecular weight excluding hydrogens is 390 g/mol. The van der Waals surface area contributed by atoms with Gasteiger partial charge in [0.25, 0.3) is 0 Å². The van der Waals surface area contributed by atoms with Crippen LogP contribution in [0.25, 0.3) is 27.5 Å². The molecule has 1 nitrogen and oxygen atoms in total. The number of aromatic nitrogens is 1. The molecule has 3 aromatic carbocycles. The smallest absolute Gasteiger partial charge is 0.0563 e. The molecule has 1 aromatic heterocycles. The van der Waals surface area contributed by atoms with E-state index in [2.05, 4.69) is 97.1 Å². The van der Waals surface area contributed by atoms with Crippen LogP contribution in [0.5, 0.6) is 0 Å². The molecule has 0 N–H and O–H groups in total. The van der Waals surface area contributed by atoms with Crippen molar-refractivity contribution in [1.82, 2.24) is 4.57 Å². The minimum atomic E-state index is 1.07. The molecule has 0 aliphatic heterocycles. The van der Waals surface area contributed by atoms with E-state index in [0.29, 0.717) is 0 Å². The summed E-state index contributed by atoms with van der Waals surface area (Å²) in [6, 6.07) is 23.3. The molecule has 102 valence electrons. The Balaban J connectivity index is 2.27. The summed E-state index contributed by atoms with van der Waals surface area (Å²) in [6.45, 7) is 0. The first kappa shape index (κ1) is 13.1. The minimum absolute atomic E-state index is 1.07. The lowest BCUT2D eigenvalue weighted by Gasteiger charge is -2.07. The van der Waals surface area contributed by atoms with E-state index in [-0.39, 0.29) is 0 Å². The predicted molar refractivity (Wildman–Crippen MR) is 96.2 cm³/mol. The van der Waals surface area contributed by atoms with Crippen molar-refractivity contribution in [2.45, 2.75) is 0 Å². The van der Waals surface area contributed by atoms with Crippen molar-refractivity contribution in [3.63, 3.8) is 0 Å². The topological polar surface area (TPSA) is 4.93 Å². The number of benzene rings is 3. The minimum Gasteiger partial charge on any atom is -0.309 e. The van der Waals surface area contributed by atoms with Gasteiger partial charge in [0.1, 0.15) is 0 Å². The summed E-state index contributed by atoms with van der Waals surface area (Å²) in [6.07, 6.45) is 0. The Morgan fingerprint density at radius 3 is 2.24 bits per heavy atom. The summed E-state index contributed by atoms with van der Waals surface area (Å²) in [7, 11) is 0. The van der Waals surface area contributed by atoms with Crippen molar-refractivity contribution in [2.75, 3.05) is 0 Å². The highest BCUT2D eigenvalue weighted by atomic mass is 79.9. The Morgan fingerprint density at radius 1 is 0.714 bits per heavy atom. The van der Waals surface area contributed by atoms with E-state index in [9.17, 15) is 0 Å². The third kappa shape index (κ3) is 2.03. The molecule has 4 aromatic rings. The van der Waals surface area contributed by atoms with Gasteiger partial charge in [-0.3, -0.25) is 0 Å². The molecule has 0 aliphatic carbocycles. The summed E-state index contributed by atoms with van der Waals surface area (Å²) in [5.41, 5.74) is 3.59. The average molecular weight is 401 g/mol. The predicted octanol–water partition coefficient (Wildman–Crippen LogP) is 6.31. The number of para-hydroxylation sites is 2. The van der Waals surface area contributed by atoms with Crippen molar-refractivity contribution >= 4 is 53.7 Å². The second kappa shape index (κ2) is 5.00. The largest absolute Gasteiger partial charge is 0.309 e. The third-order valence-electron chi connectivity index (χ3n) is 3.70. The zero-order valence-electron chi connectivity index (χ0n) is 11.1. The third-order valence-corrected chi connectivity index (χ3v) is 4.79. The maximum atomic E-state index is 3.71. The van der Waals surface area contributed by atoms with Gasteiger partial charge in [-0.05, 0) is 30.3 Å². The van der Waals surface area contributed by atoms with E-state index < -0.39 is 0 Å². The second-order valence-electron chi connectivity index (χ2n) is 4.97. The summed E-state index contributed by atoms with van der Waals surface area (Å²) in [4.78, 5) is 0. The van der Waals surface area contributed by atoms with Crippen molar-refractivity contribution in [3.05, 3.63) is 75.7 Å². The lowest BCUT2D eigenvalue weighted by Crippen LogP contribution is -1.92. The molecule has 0 saturated heterocycles. The van der Waals surface area contributed by atoms with Crippen molar-refractivity contribution < 1.29 is 0 Å². The Hall–Kier alpha value is -1.58. The number of halogens is 2. The number of hydrogen-bond donors (Lipinski definition) is 0. The van der Waals surface area contributed by atoms with E-state index in [1.54, 1.807) is 0 Å². The zero-order chi connectivity index (χ0) is 14.4. The van der Waals surface area contributed by atoms with Gasteiger partial charge in [-0.2, -0.15) is 0 Å². The molecule has 4 rings (SSSR count). The van der Waals surface area contributed by atoms with Gasteiger partial charge in [0.05, 0.1) is 11.0 Å². The number of nitrogens with zero attached hydrogens (tertiary/aromatic N) is 1. The summed E-state index contributed by atoms with van der Waals surface area (Å²) in [5, 5.41) is 2.51. The van der Waals surface area contributed by atoms with E-state index in [1.807, 2.05) is 6.07 Å². The van der Waals surface area contributed by atoms with Crippen molar-refractivity contribution in [2.24, 2.45) is 0 Å². The first-order chi connectivity index (χ1) is 10.3. The zero-order valence-corrected chi connectivity index (χ0v) is 14.2. The molecule has 0 amide bonds. The SMILES string of the molecule is Brc1cc(Br)c2c3ccccc3n(-c3ccccc3)c2c1. The van der Waals surface area contributed by atoms with Crippen LogP contribution in [0.4, 0.5) is 0 Å². The van der Waals surface area contributed by atoms with E-state index >= 15 is 0 Å². The van der Waals surface area contributed by atoms with Crippen LogP contribution in [0.3, 0.4) is 0 Å². The van der Waals surface area contributed by atoms with Gasteiger partial charge in [0.15, 0.2) is 0 Å². The summed E-state index contributed by atoms with van der Waals surface area (Å²) < 4.78 is 4.49. The molecule has 3 heteroatoms. The monoisotopic (exact) mass is 399 g/mol. The van der Waals surface area contributed by atoms with Crippen LogP contribution in [-0.4, -0.2) is 4.57 Å². The highest BCUT2D eigenvalue weighted by molar-refractivity contribution is 9.11. The van der Waals surface area contributed by atoms with Gasteiger partial charge >= 0.3 is 0 Å². The van der Waals surface area contributed by atoms with E-state index in [0.717, 1.165) is 8.95 Å². The summed E-state index contributed by atoms with van der Waals surface area (Å²) >= 11 is 7.32. The standard InChI is InChI=1S/C18H11Br2N/c19-12-10-15(20)18-14-8-4-5-9-16(14)21(17(18)11-12)13-6-2-1-3-7-13/h1-11H. The fourth-order valence-electron chi connectivity index (χ4n) is 2.87. The molecular formula is C18H11Br2N. The Bertz CT molecular complexity index is 955. The molecule has 0 spiro atoms. The van der Waals surface area contributed by atoms with Gasteiger partial charge in [0.2, 0.25) is 0 Å². The number of hydrogen-bond acceptors (Lipinski definition) is 0. The molecule has 1 heterocycles. The Kier molecular flexibility index (Phi) is 3.12. The molecule has 0 radical (unpaired) electrons.